The number of nitrogens with zero attached hydrogens (tertiary/aromatic N) is 1. The molecule has 3 aromatic rings. The van der Waals surface area contributed by atoms with Crippen molar-refractivity contribution in [3.8, 4) is 5.75 Å². The lowest BCUT2D eigenvalue weighted by atomic mass is 10.1. The molecule has 0 heterocycles. The van der Waals surface area contributed by atoms with Crippen LogP contribution in [0.1, 0.15) is 18.9 Å². The van der Waals surface area contributed by atoms with Gasteiger partial charge in [-0.1, -0.05) is 48.5 Å². The van der Waals surface area contributed by atoms with Crippen molar-refractivity contribution in [1.82, 2.24) is 0 Å². The van der Waals surface area contributed by atoms with Crippen molar-refractivity contribution < 1.29 is 27.5 Å². The molecule has 8 heteroatoms. The highest BCUT2D eigenvalue weighted by atomic mass is 32.2. The molecule has 0 bridgehead atoms. The van der Waals surface area contributed by atoms with Crippen molar-refractivity contribution in [2.45, 2.75) is 30.0 Å². The fourth-order valence-electron chi connectivity index (χ4n) is 3.45. The third kappa shape index (κ3) is 6.02. The monoisotopic (exact) mass is 481 g/mol. The number of hydrogen-bond acceptors (Lipinski definition) is 6. The Labute approximate surface area is 199 Å². The predicted molar refractivity (Wildman–Crippen MR) is 129 cm³/mol. The smallest absolute Gasteiger partial charge is 0.325 e. The zero-order valence-corrected chi connectivity index (χ0v) is 19.9. The van der Waals surface area contributed by atoms with Crippen molar-refractivity contribution in [3.05, 3.63) is 90.5 Å². The van der Waals surface area contributed by atoms with Gasteiger partial charge in [0.05, 0.1) is 31.6 Å². The minimum Gasteiger partial charge on any atom is -0.497 e. The Hall–Kier alpha value is -3.65. The summed E-state index contributed by atoms with van der Waals surface area (Å²) in [6.45, 7) is 1.79. The first-order valence-electron chi connectivity index (χ1n) is 10.8. The molecule has 0 saturated carbocycles. The van der Waals surface area contributed by atoms with E-state index in [1.165, 1.54) is 17.0 Å². The number of anilines is 1. The molecule has 3 aromatic carbocycles. The zero-order valence-electron chi connectivity index (χ0n) is 19.1. The molecule has 3 rings (SSSR count). The fraction of sp³-hybridized carbons (Fsp3) is 0.231. The number of esters is 1. The van der Waals surface area contributed by atoms with Crippen LogP contribution >= 0.6 is 0 Å². The standard InChI is InChI=1S/C26H27NO6S/c1-3-33-26(29)24(34(30,31)23-12-8-5-9-13-23)18-25(28)27(19-20-10-6-4-7-11-20)21-14-16-22(32-2)17-15-21/h4-17,24H,3,18-19H2,1-2H3. The van der Waals surface area contributed by atoms with E-state index in [4.69, 9.17) is 9.47 Å². The highest BCUT2D eigenvalue weighted by molar-refractivity contribution is 7.92. The Balaban J connectivity index is 1.97. The van der Waals surface area contributed by atoms with Crippen LogP contribution in [0.4, 0.5) is 5.69 Å². The molecule has 1 amide bonds. The first-order valence-corrected chi connectivity index (χ1v) is 12.4. The molecule has 0 aliphatic carbocycles. The lowest BCUT2D eigenvalue weighted by Gasteiger charge is -2.25. The van der Waals surface area contributed by atoms with Gasteiger partial charge in [-0.3, -0.25) is 9.59 Å². The van der Waals surface area contributed by atoms with Gasteiger partial charge in [0.2, 0.25) is 5.91 Å². The van der Waals surface area contributed by atoms with Crippen molar-refractivity contribution in [2.24, 2.45) is 0 Å². The summed E-state index contributed by atoms with van der Waals surface area (Å²) in [5.41, 5.74) is 1.40. The largest absolute Gasteiger partial charge is 0.497 e. The maximum absolute atomic E-state index is 13.5. The Morgan fingerprint density at radius 2 is 1.47 bits per heavy atom. The third-order valence-electron chi connectivity index (χ3n) is 5.22. The van der Waals surface area contributed by atoms with E-state index in [2.05, 4.69) is 0 Å². The third-order valence-corrected chi connectivity index (χ3v) is 7.26. The molecule has 7 nitrogen and oxygen atoms in total. The maximum atomic E-state index is 13.5. The Bertz CT molecular complexity index is 1200. The van der Waals surface area contributed by atoms with Crippen molar-refractivity contribution in [3.63, 3.8) is 0 Å². The van der Waals surface area contributed by atoms with Crippen LogP contribution in [0.15, 0.2) is 89.8 Å². The van der Waals surface area contributed by atoms with E-state index in [1.807, 2.05) is 30.3 Å². The van der Waals surface area contributed by atoms with Crippen molar-refractivity contribution in [1.29, 1.82) is 0 Å². The topological polar surface area (TPSA) is 90.0 Å². The molecule has 0 radical (unpaired) electrons. The summed E-state index contributed by atoms with van der Waals surface area (Å²) >= 11 is 0. The van der Waals surface area contributed by atoms with E-state index in [0.29, 0.717) is 11.4 Å². The number of rotatable bonds is 10. The van der Waals surface area contributed by atoms with Crippen LogP contribution in [0, 0.1) is 0 Å². The molecule has 0 N–H and O–H groups in total. The fourth-order valence-corrected chi connectivity index (χ4v) is 5.00. The highest BCUT2D eigenvalue weighted by Gasteiger charge is 2.38. The number of carbonyl (C=O) groups is 2. The zero-order chi connectivity index (χ0) is 24.6. The summed E-state index contributed by atoms with van der Waals surface area (Å²) < 4.78 is 36.8. The molecule has 34 heavy (non-hydrogen) atoms. The molecular formula is C26H27NO6S. The summed E-state index contributed by atoms with van der Waals surface area (Å²) in [4.78, 5) is 27.7. The second-order valence-corrected chi connectivity index (χ2v) is 9.60. The molecule has 178 valence electrons. The Morgan fingerprint density at radius 3 is 2.03 bits per heavy atom. The van der Waals surface area contributed by atoms with Crippen LogP contribution in [0.2, 0.25) is 0 Å². The Morgan fingerprint density at radius 1 is 0.882 bits per heavy atom. The van der Waals surface area contributed by atoms with Gasteiger partial charge < -0.3 is 14.4 Å². The van der Waals surface area contributed by atoms with Gasteiger partial charge in [0.15, 0.2) is 15.1 Å². The minimum absolute atomic E-state index is 0.0000427. The van der Waals surface area contributed by atoms with Crippen LogP contribution in [0.3, 0.4) is 0 Å². The summed E-state index contributed by atoms with van der Waals surface area (Å²) in [6, 6.07) is 23.8. The first-order chi connectivity index (χ1) is 16.4. The van der Waals surface area contributed by atoms with Crippen LogP contribution in [-0.2, 0) is 30.7 Å². The van der Waals surface area contributed by atoms with Gasteiger partial charge in [-0.15, -0.1) is 0 Å². The lowest BCUT2D eigenvalue weighted by Crippen LogP contribution is -2.40. The predicted octanol–water partition coefficient (Wildman–Crippen LogP) is 4.02. The molecule has 1 unspecified atom stereocenters. The van der Waals surface area contributed by atoms with Gasteiger partial charge in [-0.05, 0) is 48.9 Å². The SMILES string of the molecule is CCOC(=O)C(CC(=O)N(Cc1ccccc1)c1ccc(OC)cc1)S(=O)(=O)c1ccccc1. The molecule has 0 fully saturated rings. The summed E-state index contributed by atoms with van der Waals surface area (Å²) in [5.74, 6) is -0.854. The lowest BCUT2D eigenvalue weighted by molar-refractivity contribution is -0.143. The second kappa shape index (κ2) is 11.5. The van der Waals surface area contributed by atoms with Gasteiger partial charge >= 0.3 is 5.97 Å². The second-order valence-electron chi connectivity index (χ2n) is 7.47. The summed E-state index contributed by atoms with van der Waals surface area (Å²) in [5, 5.41) is -1.67. The van der Waals surface area contributed by atoms with Gasteiger partial charge in [0, 0.05) is 5.69 Å². The van der Waals surface area contributed by atoms with E-state index in [0.717, 1.165) is 5.56 Å². The number of ether oxygens (including phenoxy) is 2. The van der Waals surface area contributed by atoms with E-state index in [9.17, 15) is 18.0 Å². The maximum Gasteiger partial charge on any atom is 0.325 e. The van der Waals surface area contributed by atoms with Gasteiger partial charge in [-0.25, -0.2) is 8.42 Å². The number of carbonyl (C=O) groups excluding carboxylic acids is 2. The molecule has 0 spiro atoms. The Kier molecular flexibility index (Phi) is 8.43. The average Bonchev–Trinajstić information content (AvgIpc) is 2.87. The number of methoxy groups -OCH3 is 1. The van der Waals surface area contributed by atoms with Gasteiger partial charge in [0.1, 0.15) is 5.75 Å². The summed E-state index contributed by atoms with van der Waals surface area (Å²) in [6.07, 6.45) is -0.561. The molecule has 0 aliphatic heterocycles. The van der Waals surface area contributed by atoms with Gasteiger partial charge in [-0.2, -0.15) is 0 Å². The van der Waals surface area contributed by atoms with Crippen LogP contribution in [0.25, 0.3) is 0 Å². The molecule has 0 aliphatic rings. The number of sulfone groups is 1. The molecule has 0 saturated heterocycles. The normalized spacial score (nSPS) is 11.9. The van der Waals surface area contributed by atoms with Crippen LogP contribution < -0.4 is 9.64 Å². The van der Waals surface area contributed by atoms with Crippen LogP contribution in [0.5, 0.6) is 5.75 Å². The van der Waals surface area contributed by atoms with Crippen molar-refractivity contribution in [2.75, 3.05) is 18.6 Å². The quantitative estimate of drug-likeness (QED) is 0.406. The van der Waals surface area contributed by atoms with Gasteiger partial charge in [0.25, 0.3) is 0 Å². The molecular weight excluding hydrogens is 454 g/mol. The first kappa shape index (κ1) is 25.0. The molecule has 0 aromatic heterocycles. The average molecular weight is 482 g/mol. The van der Waals surface area contributed by atoms with Crippen molar-refractivity contribution >= 4 is 27.4 Å². The number of hydrogen-bond donors (Lipinski definition) is 0. The van der Waals surface area contributed by atoms with E-state index in [-0.39, 0.29) is 18.0 Å². The highest BCUT2D eigenvalue weighted by Crippen LogP contribution is 2.25. The van der Waals surface area contributed by atoms with Crippen LogP contribution in [-0.4, -0.2) is 39.3 Å². The van der Waals surface area contributed by atoms with E-state index < -0.39 is 33.4 Å². The summed E-state index contributed by atoms with van der Waals surface area (Å²) in [7, 11) is -2.62. The number of amides is 1. The minimum atomic E-state index is -4.16. The molecule has 1 atom stereocenters. The van der Waals surface area contributed by atoms with E-state index in [1.54, 1.807) is 56.5 Å². The number of benzene rings is 3. The van der Waals surface area contributed by atoms with E-state index >= 15 is 0 Å².